The van der Waals surface area contributed by atoms with Gasteiger partial charge in [0.1, 0.15) is 0 Å². The van der Waals surface area contributed by atoms with Gasteiger partial charge in [-0.15, -0.1) is 22.0 Å². The van der Waals surface area contributed by atoms with Crippen LogP contribution in [-0.4, -0.2) is 32.5 Å². The Balaban J connectivity index is 1.70. The zero-order valence-electron chi connectivity index (χ0n) is 13.4. The molecule has 2 aromatic heterocycles. The first-order chi connectivity index (χ1) is 12.4. The number of nitrogens with zero attached hydrogens (tertiary/aromatic N) is 3. The highest BCUT2D eigenvalue weighted by Gasteiger charge is 2.31. The lowest BCUT2D eigenvalue weighted by Gasteiger charge is -2.08. The zero-order chi connectivity index (χ0) is 18.7. The van der Waals surface area contributed by atoms with Crippen LogP contribution in [0.5, 0.6) is 0 Å². The number of pyridine rings is 1. The molecule has 0 radical (unpaired) electrons. The van der Waals surface area contributed by atoms with E-state index >= 15 is 0 Å². The first kappa shape index (κ1) is 18.6. The molecular formula is C16H13F3N4OS2. The van der Waals surface area contributed by atoms with E-state index in [2.05, 4.69) is 15.5 Å². The summed E-state index contributed by atoms with van der Waals surface area (Å²) in [7, 11) is 0. The standard InChI is InChI=1S/C16H13F3N4OS2/c1-25-12-4-2-3-11(7-12)20-14(24)9-26-15-22-21-13-6-5-10(8-23(13)15)16(17,18)19/h2-8H,9H2,1H3,(H,20,24). The molecule has 1 aromatic carbocycles. The average Bonchev–Trinajstić information content (AvgIpc) is 3.01. The van der Waals surface area contributed by atoms with Crippen LogP contribution in [0.2, 0.25) is 0 Å². The molecular weight excluding hydrogens is 385 g/mol. The average molecular weight is 398 g/mol. The highest BCUT2D eigenvalue weighted by atomic mass is 32.2. The Morgan fingerprint density at radius 2 is 2.04 bits per heavy atom. The summed E-state index contributed by atoms with van der Waals surface area (Å²) in [6.45, 7) is 0. The van der Waals surface area contributed by atoms with E-state index < -0.39 is 11.7 Å². The van der Waals surface area contributed by atoms with E-state index in [1.807, 2.05) is 24.5 Å². The minimum Gasteiger partial charge on any atom is -0.325 e. The molecule has 3 aromatic rings. The van der Waals surface area contributed by atoms with E-state index in [9.17, 15) is 18.0 Å². The molecule has 3 rings (SSSR count). The molecule has 0 atom stereocenters. The second-order valence-corrected chi connectivity index (χ2v) is 7.02. The van der Waals surface area contributed by atoms with Gasteiger partial charge in [-0.25, -0.2) is 0 Å². The lowest BCUT2D eigenvalue weighted by Crippen LogP contribution is -2.14. The smallest absolute Gasteiger partial charge is 0.325 e. The molecule has 0 saturated carbocycles. The molecule has 136 valence electrons. The molecule has 0 unspecified atom stereocenters. The Hall–Kier alpha value is -2.20. The van der Waals surface area contributed by atoms with Crippen molar-refractivity contribution in [2.45, 2.75) is 16.2 Å². The minimum absolute atomic E-state index is 0.000530. The predicted octanol–water partition coefficient (Wildman–Crippen LogP) is 4.20. The molecule has 0 aliphatic heterocycles. The second-order valence-electron chi connectivity index (χ2n) is 5.20. The van der Waals surface area contributed by atoms with Crippen molar-refractivity contribution in [3.63, 3.8) is 0 Å². The Morgan fingerprint density at radius 1 is 1.23 bits per heavy atom. The second kappa shape index (κ2) is 7.58. The first-order valence-corrected chi connectivity index (χ1v) is 9.56. The summed E-state index contributed by atoms with van der Waals surface area (Å²) in [4.78, 5) is 13.1. The van der Waals surface area contributed by atoms with Crippen molar-refractivity contribution in [1.82, 2.24) is 14.6 Å². The molecule has 1 N–H and O–H groups in total. The fourth-order valence-corrected chi connectivity index (χ4v) is 3.34. The van der Waals surface area contributed by atoms with Gasteiger partial charge in [0, 0.05) is 16.8 Å². The van der Waals surface area contributed by atoms with Crippen molar-refractivity contribution in [3.8, 4) is 0 Å². The van der Waals surface area contributed by atoms with E-state index in [-0.39, 0.29) is 22.5 Å². The summed E-state index contributed by atoms with van der Waals surface area (Å²) >= 11 is 2.57. The summed E-state index contributed by atoms with van der Waals surface area (Å²) in [5.41, 5.74) is 0.145. The molecule has 0 bridgehead atoms. The van der Waals surface area contributed by atoms with Crippen LogP contribution in [0.15, 0.2) is 52.6 Å². The van der Waals surface area contributed by atoms with Gasteiger partial charge < -0.3 is 5.32 Å². The van der Waals surface area contributed by atoms with Gasteiger partial charge in [0.2, 0.25) is 5.91 Å². The van der Waals surface area contributed by atoms with E-state index in [1.54, 1.807) is 17.8 Å². The van der Waals surface area contributed by atoms with Crippen molar-refractivity contribution < 1.29 is 18.0 Å². The van der Waals surface area contributed by atoms with Crippen molar-refractivity contribution in [2.75, 3.05) is 17.3 Å². The third-order valence-electron chi connectivity index (χ3n) is 3.38. The number of benzene rings is 1. The fraction of sp³-hybridized carbons (Fsp3) is 0.188. The molecule has 1 amide bonds. The third-order valence-corrected chi connectivity index (χ3v) is 5.05. The lowest BCUT2D eigenvalue weighted by molar-refractivity contribution is -0.137. The van der Waals surface area contributed by atoms with Gasteiger partial charge >= 0.3 is 6.18 Å². The number of hydrogen-bond acceptors (Lipinski definition) is 5. The fourth-order valence-electron chi connectivity index (χ4n) is 2.16. The topological polar surface area (TPSA) is 59.3 Å². The van der Waals surface area contributed by atoms with Gasteiger partial charge in [-0.05, 0) is 36.6 Å². The molecule has 0 aliphatic rings. The molecule has 5 nitrogen and oxygen atoms in total. The molecule has 0 saturated heterocycles. The van der Waals surface area contributed by atoms with Crippen LogP contribution in [0.1, 0.15) is 5.56 Å². The molecule has 10 heteroatoms. The number of anilines is 1. The summed E-state index contributed by atoms with van der Waals surface area (Å²) in [5.74, 6) is -0.280. The van der Waals surface area contributed by atoms with E-state index in [0.717, 1.165) is 28.9 Å². The Labute approximate surface area is 155 Å². The van der Waals surface area contributed by atoms with Crippen LogP contribution in [0.4, 0.5) is 18.9 Å². The summed E-state index contributed by atoms with van der Waals surface area (Å²) in [6, 6.07) is 9.56. The maximum atomic E-state index is 12.8. The number of halogens is 3. The van der Waals surface area contributed by atoms with Crippen LogP contribution in [0.3, 0.4) is 0 Å². The highest BCUT2D eigenvalue weighted by Crippen LogP contribution is 2.30. The third kappa shape index (κ3) is 4.31. The number of rotatable bonds is 5. The van der Waals surface area contributed by atoms with Gasteiger partial charge in [-0.3, -0.25) is 9.20 Å². The SMILES string of the molecule is CSc1cccc(NC(=O)CSc2nnc3ccc(C(F)(F)F)cn23)c1. The number of hydrogen-bond donors (Lipinski definition) is 1. The minimum atomic E-state index is -4.46. The summed E-state index contributed by atoms with van der Waals surface area (Å²) in [6.07, 6.45) is -1.60. The normalized spacial score (nSPS) is 11.7. The maximum absolute atomic E-state index is 12.8. The number of thioether (sulfide) groups is 2. The molecule has 2 heterocycles. The van der Waals surface area contributed by atoms with Crippen molar-refractivity contribution in [3.05, 3.63) is 48.2 Å². The van der Waals surface area contributed by atoms with Crippen LogP contribution in [-0.2, 0) is 11.0 Å². The molecule has 0 aliphatic carbocycles. The monoisotopic (exact) mass is 398 g/mol. The summed E-state index contributed by atoms with van der Waals surface area (Å²) in [5, 5.41) is 10.6. The molecule has 0 fully saturated rings. The number of carbonyl (C=O) groups is 1. The number of carbonyl (C=O) groups excluding carboxylic acids is 1. The van der Waals surface area contributed by atoms with E-state index in [4.69, 9.17) is 0 Å². The van der Waals surface area contributed by atoms with Gasteiger partial charge in [0.15, 0.2) is 10.8 Å². The van der Waals surface area contributed by atoms with Crippen LogP contribution >= 0.6 is 23.5 Å². The molecule has 0 spiro atoms. The number of aromatic nitrogens is 3. The Kier molecular flexibility index (Phi) is 5.42. The van der Waals surface area contributed by atoms with Crippen LogP contribution < -0.4 is 5.32 Å². The predicted molar refractivity (Wildman–Crippen MR) is 95.6 cm³/mol. The van der Waals surface area contributed by atoms with E-state index in [0.29, 0.717) is 5.69 Å². The van der Waals surface area contributed by atoms with Crippen molar-refractivity contribution >= 4 is 40.8 Å². The zero-order valence-corrected chi connectivity index (χ0v) is 15.1. The van der Waals surface area contributed by atoms with Gasteiger partial charge in [0.05, 0.1) is 11.3 Å². The first-order valence-electron chi connectivity index (χ1n) is 7.35. The lowest BCUT2D eigenvalue weighted by atomic mass is 10.3. The largest absolute Gasteiger partial charge is 0.417 e. The number of alkyl halides is 3. The van der Waals surface area contributed by atoms with E-state index in [1.165, 1.54) is 10.5 Å². The van der Waals surface area contributed by atoms with Crippen molar-refractivity contribution in [2.24, 2.45) is 0 Å². The number of amides is 1. The van der Waals surface area contributed by atoms with Crippen LogP contribution in [0.25, 0.3) is 5.65 Å². The highest BCUT2D eigenvalue weighted by molar-refractivity contribution is 7.99. The van der Waals surface area contributed by atoms with Gasteiger partial charge in [0.25, 0.3) is 0 Å². The quantitative estimate of drug-likeness (QED) is 0.653. The van der Waals surface area contributed by atoms with Gasteiger partial charge in [-0.1, -0.05) is 17.8 Å². The Morgan fingerprint density at radius 3 is 2.77 bits per heavy atom. The van der Waals surface area contributed by atoms with Crippen molar-refractivity contribution in [1.29, 1.82) is 0 Å². The molecule has 26 heavy (non-hydrogen) atoms. The van der Waals surface area contributed by atoms with Crippen LogP contribution in [0, 0.1) is 0 Å². The Bertz CT molecular complexity index is 943. The summed E-state index contributed by atoms with van der Waals surface area (Å²) < 4.78 is 39.8. The maximum Gasteiger partial charge on any atom is 0.417 e. The number of fused-ring (bicyclic) bond motifs is 1. The number of nitrogens with one attached hydrogen (secondary N) is 1. The van der Waals surface area contributed by atoms with Gasteiger partial charge in [-0.2, -0.15) is 13.2 Å².